The number of hydrogen-bond acceptors (Lipinski definition) is 3. The molecule has 2 unspecified atom stereocenters. The maximum absolute atomic E-state index is 12.0. The van der Waals surface area contributed by atoms with Crippen molar-refractivity contribution >= 4 is 12.4 Å². The Balaban J connectivity index is 0.000000493. The molecule has 0 amide bonds. The molecule has 1 aliphatic carbocycles. The van der Waals surface area contributed by atoms with Gasteiger partial charge in [-0.15, -0.1) is 0 Å². The van der Waals surface area contributed by atoms with E-state index in [2.05, 4.69) is 127 Å². The number of phenols is 2. The summed E-state index contributed by atoms with van der Waals surface area (Å²) in [5, 5.41) is 32.3. The summed E-state index contributed by atoms with van der Waals surface area (Å²) in [6.07, 6.45) is -11.7. The van der Waals surface area contributed by atoms with Crippen molar-refractivity contribution in [2.75, 3.05) is 0 Å². The van der Waals surface area contributed by atoms with Crippen LogP contribution in [-0.4, -0.2) is 66.0 Å². The van der Waals surface area contributed by atoms with Crippen LogP contribution < -0.4 is 5.11 Å². The Kier molecular flexibility index (Phi) is 12.9. The Hall–Kier alpha value is -2.76. The van der Waals surface area contributed by atoms with Crippen LogP contribution in [0, 0.1) is 0 Å². The fourth-order valence-electron chi connectivity index (χ4n) is 6.44. The van der Waals surface area contributed by atoms with E-state index in [1.54, 1.807) is 0 Å². The molecule has 55 heavy (non-hydrogen) atoms. The molecule has 2 aromatic carbocycles. The Labute approximate surface area is 325 Å². The topological polar surface area (TPSA) is 69.5 Å². The van der Waals surface area contributed by atoms with Gasteiger partial charge in [-0.05, 0) is 0 Å². The third-order valence-electron chi connectivity index (χ3n) is 9.88. The third kappa shape index (κ3) is 10.0. The van der Waals surface area contributed by atoms with Crippen molar-refractivity contribution in [3.63, 3.8) is 0 Å². The van der Waals surface area contributed by atoms with Gasteiger partial charge >= 0.3 is 275 Å². The van der Waals surface area contributed by atoms with Gasteiger partial charge in [0.2, 0.25) is 6.11 Å². The Bertz CT molecular complexity index is 1640. The average molecular weight is 834 g/mol. The van der Waals surface area contributed by atoms with Crippen LogP contribution in [-0.2, 0) is 37.3 Å². The summed E-state index contributed by atoms with van der Waals surface area (Å²) in [5.74, 6) is 0.808. The van der Waals surface area contributed by atoms with Gasteiger partial charge in [0, 0.05) is 0 Å². The van der Waals surface area contributed by atoms with Gasteiger partial charge in [0.25, 0.3) is 0 Å². The molecule has 1 saturated carbocycles. The van der Waals surface area contributed by atoms with E-state index in [9.17, 15) is 54.8 Å². The minimum atomic E-state index is -7.08. The van der Waals surface area contributed by atoms with Gasteiger partial charge in [-0.25, -0.2) is 13.2 Å². The van der Waals surface area contributed by atoms with Crippen LogP contribution in [0.2, 0.25) is 0 Å². The van der Waals surface area contributed by atoms with Gasteiger partial charge < -0.3 is 5.11 Å². The molecule has 2 aliphatic rings. The summed E-state index contributed by atoms with van der Waals surface area (Å²) >= 11 is 0.0117. The van der Waals surface area contributed by atoms with E-state index in [4.69, 9.17) is 0 Å². The molecule has 1 saturated heterocycles. The Morgan fingerprint density at radius 3 is 1.09 bits per heavy atom. The molecule has 4 rings (SSSR count). The average Bonchev–Trinajstić information content (AvgIpc) is 3.31. The standard InChI is InChI=1S/C36H54N2O2.C4F9O.Cr/c1-33(2,3)25-17-23(31(39)27(19-25)35(7,8)9)21-37-29-15-13-14-16-30(29)38-22-24-18-26(34(4,5)6)20-28(32(24)40)36(10,11)12;5-1(2(6,7)8,3(9,10)11)4(12,13)14;/h17-22,29-30,39-40H,13-16H2,1-12H3;;/q;-1;+2. The largest absolute Gasteiger partial charge is 0.795 e. The van der Waals surface area contributed by atoms with Crippen molar-refractivity contribution in [3.05, 3.63) is 57.6 Å². The predicted octanol–water partition coefficient (Wildman–Crippen LogP) is 9.86. The maximum Gasteiger partial charge on any atom is 0.436 e. The minimum Gasteiger partial charge on any atom is -0.795 e. The van der Waals surface area contributed by atoms with Crippen LogP contribution in [0.1, 0.15) is 142 Å². The van der Waals surface area contributed by atoms with Gasteiger partial charge in [0.15, 0.2) is 0 Å². The van der Waals surface area contributed by atoms with Gasteiger partial charge in [-0.2, -0.15) is 26.3 Å². The summed E-state index contributed by atoms with van der Waals surface area (Å²) < 4.78 is 108. The second-order valence-corrected chi connectivity index (χ2v) is 20.1. The molecule has 0 spiro atoms. The molecule has 0 aromatic heterocycles. The summed E-state index contributed by atoms with van der Waals surface area (Å²) in [6.45, 7) is 26.5. The Morgan fingerprint density at radius 2 is 0.873 bits per heavy atom. The molecule has 1 heterocycles. The van der Waals surface area contributed by atoms with E-state index in [1.807, 2.05) is 0 Å². The number of aromatic hydroxyl groups is 2. The van der Waals surface area contributed by atoms with Gasteiger partial charge in [0.05, 0.1) is 0 Å². The minimum absolute atomic E-state index is 0.0117. The Morgan fingerprint density at radius 1 is 0.564 bits per heavy atom. The van der Waals surface area contributed by atoms with Crippen molar-refractivity contribution in [2.45, 2.75) is 167 Å². The molecule has 0 bridgehead atoms. The van der Waals surface area contributed by atoms with Gasteiger partial charge in [0.1, 0.15) is 0 Å². The number of alkyl halides is 9. The summed E-state index contributed by atoms with van der Waals surface area (Å²) in [4.78, 5) is 0. The zero-order valence-electron chi connectivity index (χ0n) is 33.5. The first-order valence-corrected chi connectivity index (χ1v) is 19.2. The van der Waals surface area contributed by atoms with E-state index in [0.717, 1.165) is 35.1 Å². The van der Waals surface area contributed by atoms with Crippen LogP contribution in [0.4, 0.5) is 39.5 Å². The van der Waals surface area contributed by atoms with Crippen molar-refractivity contribution in [1.82, 2.24) is 0 Å². The number of nitrogens with zero attached hydrogens (tertiary/aromatic N) is 2. The molecule has 2 fully saturated rings. The third-order valence-corrected chi connectivity index (χ3v) is 11.6. The molecule has 2 aromatic rings. The molecular formula is C40H54CrF9N2O3+. The zero-order valence-corrected chi connectivity index (χ0v) is 34.7. The first-order chi connectivity index (χ1) is 24.4. The first-order valence-electron chi connectivity index (χ1n) is 18.0. The number of fused-ring (bicyclic) bond motifs is 1. The van der Waals surface area contributed by atoms with Crippen LogP contribution in [0.5, 0.6) is 11.5 Å². The number of benzene rings is 2. The van der Waals surface area contributed by atoms with Crippen molar-refractivity contribution in [3.8, 4) is 11.5 Å². The van der Waals surface area contributed by atoms with Crippen LogP contribution >= 0.6 is 0 Å². The number of phenolic OH excluding ortho intramolecular Hbond substituents is 2. The first kappa shape index (κ1) is 46.6. The summed E-state index contributed by atoms with van der Waals surface area (Å²) in [6, 6.07) is 9.60. The molecular weight excluding hydrogens is 779 g/mol. The SMILES string of the molecule is CC(C)(C)c1cc(C=[N+]2[Cr][N+](=Cc3cc(C(C)(C)C)cc(C(C)(C)C)c3O)C3CCCCC32)c(O)c(C(C)(C)C)c1.[O-]C(F)(F)C(F)(C(F)(F)F)C(F)(F)F. The summed E-state index contributed by atoms with van der Waals surface area (Å²) in [7, 11) is 0. The van der Waals surface area contributed by atoms with E-state index < -0.39 is 24.1 Å². The molecule has 310 valence electrons. The van der Waals surface area contributed by atoms with Gasteiger partial charge in [-0.1, -0.05) is 0 Å². The van der Waals surface area contributed by atoms with E-state index in [-0.39, 0.29) is 37.3 Å². The molecule has 2 N–H and O–H groups in total. The van der Waals surface area contributed by atoms with E-state index in [1.165, 1.54) is 24.0 Å². The van der Waals surface area contributed by atoms with Crippen molar-refractivity contribution in [1.29, 1.82) is 0 Å². The fraction of sp³-hybridized carbons (Fsp3) is 0.650. The smallest absolute Gasteiger partial charge is 0.436 e. The fourth-order valence-corrected chi connectivity index (χ4v) is 8.43. The van der Waals surface area contributed by atoms with Crippen molar-refractivity contribution in [2.24, 2.45) is 0 Å². The van der Waals surface area contributed by atoms with Crippen LogP contribution in [0.15, 0.2) is 24.3 Å². The second kappa shape index (κ2) is 15.2. The quantitative estimate of drug-likeness (QED) is 0.303. The van der Waals surface area contributed by atoms with Crippen LogP contribution in [0.25, 0.3) is 0 Å². The molecule has 15 heteroatoms. The number of halogens is 9. The monoisotopic (exact) mass is 833 g/mol. The number of rotatable bonds is 3. The van der Waals surface area contributed by atoms with Gasteiger partial charge in [-0.3, -0.25) is 0 Å². The molecule has 1 aliphatic heterocycles. The maximum atomic E-state index is 12.0. The zero-order chi connectivity index (χ0) is 42.7. The predicted molar refractivity (Wildman–Crippen MR) is 189 cm³/mol. The second-order valence-electron chi connectivity index (χ2n) is 18.6. The van der Waals surface area contributed by atoms with Crippen molar-refractivity contribution < 1.29 is 77.6 Å². The van der Waals surface area contributed by atoms with Crippen LogP contribution in [0.3, 0.4) is 0 Å². The molecule has 0 radical (unpaired) electrons. The number of hydrogen-bond donors (Lipinski definition) is 2. The normalized spacial score (nSPS) is 20.8. The molecule has 2 atom stereocenters. The molecule has 5 nitrogen and oxygen atoms in total. The van der Waals surface area contributed by atoms with E-state index >= 15 is 0 Å². The van der Waals surface area contributed by atoms with E-state index in [0.29, 0.717) is 23.6 Å². The summed E-state index contributed by atoms with van der Waals surface area (Å²) in [5.41, 5.74) is -1.07.